The number of amides is 1. The van der Waals surface area contributed by atoms with Gasteiger partial charge in [-0.05, 0) is 43.2 Å². The second kappa shape index (κ2) is 9.98. The Morgan fingerprint density at radius 3 is 2.42 bits per heavy atom. The van der Waals surface area contributed by atoms with E-state index in [0.717, 1.165) is 11.8 Å². The molecule has 6 heteroatoms. The number of carbonyl (C=O) groups is 3. The van der Waals surface area contributed by atoms with Crippen LogP contribution in [-0.2, 0) is 20.7 Å². The van der Waals surface area contributed by atoms with Gasteiger partial charge >= 0.3 is 5.97 Å². The molecule has 2 rings (SSSR count). The quantitative estimate of drug-likeness (QED) is 0.551. The van der Waals surface area contributed by atoms with Crippen LogP contribution >= 0.6 is 0 Å². The lowest BCUT2D eigenvalue weighted by Crippen LogP contribution is -2.37. The van der Waals surface area contributed by atoms with E-state index in [1.54, 1.807) is 24.3 Å². The highest BCUT2D eigenvalue weighted by Gasteiger charge is 2.17. The molecule has 0 aliphatic heterocycles. The highest BCUT2D eigenvalue weighted by molar-refractivity contribution is 5.83. The van der Waals surface area contributed by atoms with Gasteiger partial charge in [0, 0.05) is 12.1 Å². The van der Waals surface area contributed by atoms with E-state index in [0.29, 0.717) is 24.3 Å². The zero-order valence-corrected chi connectivity index (χ0v) is 14.5. The van der Waals surface area contributed by atoms with Crippen molar-refractivity contribution in [3.8, 4) is 5.75 Å². The lowest BCUT2D eigenvalue weighted by Gasteiger charge is -2.14. The van der Waals surface area contributed by atoms with Gasteiger partial charge in [0.15, 0.2) is 12.7 Å². The molecule has 0 unspecified atom stereocenters. The fourth-order valence-electron chi connectivity index (χ4n) is 2.19. The maximum Gasteiger partial charge on any atom is 0.344 e. The lowest BCUT2D eigenvalue weighted by atomic mass is 10.1. The Morgan fingerprint density at radius 1 is 1.08 bits per heavy atom. The number of ether oxygens (including phenoxy) is 2. The molecule has 0 aliphatic rings. The second-order valence-electron chi connectivity index (χ2n) is 5.63. The van der Waals surface area contributed by atoms with Gasteiger partial charge in [-0.1, -0.05) is 30.3 Å². The normalized spacial score (nSPS) is 11.3. The van der Waals surface area contributed by atoms with Gasteiger partial charge in [0.05, 0.1) is 0 Å². The van der Waals surface area contributed by atoms with Crippen LogP contribution in [0.25, 0.3) is 0 Å². The third kappa shape index (κ3) is 6.39. The number of hydrogen-bond donors (Lipinski definition) is 1. The first-order valence-corrected chi connectivity index (χ1v) is 8.27. The van der Waals surface area contributed by atoms with E-state index in [1.807, 2.05) is 30.3 Å². The van der Waals surface area contributed by atoms with Crippen LogP contribution in [0.15, 0.2) is 54.6 Å². The Hall–Kier alpha value is -3.15. The maximum atomic E-state index is 12.0. The van der Waals surface area contributed by atoms with Crippen molar-refractivity contribution < 1.29 is 23.9 Å². The molecule has 0 bridgehead atoms. The molecule has 0 radical (unpaired) electrons. The molecule has 26 heavy (non-hydrogen) atoms. The Bertz CT molecular complexity index is 728. The molecule has 0 spiro atoms. The van der Waals surface area contributed by atoms with E-state index in [4.69, 9.17) is 9.47 Å². The van der Waals surface area contributed by atoms with E-state index in [9.17, 15) is 14.4 Å². The third-order valence-corrected chi connectivity index (χ3v) is 3.61. The van der Waals surface area contributed by atoms with Crippen molar-refractivity contribution in [2.45, 2.75) is 19.4 Å². The molecule has 6 nitrogen and oxygen atoms in total. The van der Waals surface area contributed by atoms with Crippen LogP contribution in [0.3, 0.4) is 0 Å². The zero-order chi connectivity index (χ0) is 18.8. The summed E-state index contributed by atoms with van der Waals surface area (Å²) in [6.45, 7) is 1.65. The van der Waals surface area contributed by atoms with Crippen molar-refractivity contribution >= 4 is 18.2 Å². The molecule has 0 aliphatic carbocycles. The summed E-state index contributed by atoms with van der Waals surface area (Å²) in [5, 5.41) is 2.73. The van der Waals surface area contributed by atoms with Crippen molar-refractivity contribution in [1.82, 2.24) is 5.32 Å². The van der Waals surface area contributed by atoms with E-state index in [2.05, 4.69) is 5.32 Å². The Morgan fingerprint density at radius 2 is 1.77 bits per heavy atom. The third-order valence-electron chi connectivity index (χ3n) is 3.61. The highest BCUT2D eigenvalue weighted by Crippen LogP contribution is 2.11. The maximum absolute atomic E-state index is 12.0. The van der Waals surface area contributed by atoms with Crippen LogP contribution in [0.2, 0.25) is 0 Å². The van der Waals surface area contributed by atoms with Crippen molar-refractivity contribution in [1.29, 1.82) is 0 Å². The fourth-order valence-corrected chi connectivity index (χ4v) is 2.19. The number of aldehydes is 1. The van der Waals surface area contributed by atoms with Crippen LogP contribution in [0.5, 0.6) is 5.75 Å². The van der Waals surface area contributed by atoms with Crippen molar-refractivity contribution in [3.05, 3.63) is 65.7 Å². The lowest BCUT2D eigenvalue weighted by molar-refractivity contribution is -0.156. The van der Waals surface area contributed by atoms with E-state index in [1.165, 1.54) is 6.92 Å². The predicted molar refractivity (Wildman–Crippen MR) is 96.0 cm³/mol. The van der Waals surface area contributed by atoms with Gasteiger partial charge in [-0.15, -0.1) is 0 Å². The van der Waals surface area contributed by atoms with Crippen LogP contribution in [0, 0.1) is 0 Å². The van der Waals surface area contributed by atoms with Crippen LogP contribution in [0.1, 0.15) is 22.8 Å². The molecule has 1 N–H and O–H groups in total. The van der Waals surface area contributed by atoms with Crippen LogP contribution < -0.4 is 10.1 Å². The molecule has 1 amide bonds. The topological polar surface area (TPSA) is 81.7 Å². The minimum absolute atomic E-state index is 0.317. The monoisotopic (exact) mass is 355 g/mol. The molecule has 0 saturated heterocycles. The molecule has 0 heterocycles. The van der Waals surface area contributed by atoms with Crippen LogP contribution in [-0.4, -0.2) is 37.4 Å². The van der Waals surface area contributed by atoms with Gasteiger partial charge in [0.2, 0.25) is 0 Å². The zero-order valence-electron chi connectivity index (χ0n) is 14.5. The molecule has 1 atom stereocenters. The highest BCUT2D eigenvalue weighted by atomic mass is 16.6. The summed E-state index contributed by atoms with van der Waals surface area (Å²) in [4.78, 5) is 34.3. The van der Waals surface area contributed by atoms with Gasteiger partial charge in [-0.3, -0.25) is 9.59 Å². The number of hydrogen-bond acceptors (Lipinski definition) is 5. The minimum Gasteiger partial charge on any atom is -0.482 e. The van der Waals surface area contributed by atoms with Crippen molar-refractivity contribution in [3.63, 3.8) is 0 Å². The first kappa shape index (κ1) is 19.2. The van der Waals surface area contributed by atoms with Crippen molar-refractivity contribution in [2.75, 3.05) is 13.2 Å². The SMILES string of the molecule is C[C@H](OC(=O)COc1ccc(C=O)cc1)C(=O)NCCc1ccccc1. The standard InChI is InChI=1S/C20H21NO5/c1-15(20(24)21-12-11-16-5-3-2-4-6-16)26-19(23)14-25-18-9-7-17(13-22)8-10-18/h2-10,13,15H,11-12,14H2,1H3,(H,21,24)/t15-/m0/s1. The Kier molecular flexibility index (Phi) is 7.36. The summed E-state index contributed by atoms with van der Waals surface area (Å²) >= 11 is 0. The molecular weight excluding hydrogens is 334 g/mol. The molecule has 136 valence electrons. The molecule has 2 aromatic rings. The molecular formula is C20H21NO5. The fraction of sp³-hybridized carbons (Fsp3) is 0.250. The van der Waals surface area contributed by atoms with E-state index < -0.39 is 12.1 Å². The Labute approximate surface area is 152 Å². The van der Waals surface area contributed by atoms with E-state index >= 15 is 0 Å². The number of rotatable bonds is 9. The minimum atomic E-state index is -0.903. The summed E-state index contributed by atoms with van der Waals surface area (Å²) in [6, 6.07) is 16.1. The smallest absolute Gasteiger partial charge is 0.344 e. The second-order valence-corrected chi connectivity index (χ2v) is 5.63. The van der Waals surface area contributed by atoms with Gasteiger partial charge in [-0.2, -0.15) is 0 Å². The first-order valence-electron chi connectivity index (χ1n) is 8.27. The van der Waals surface area contributed by atoms with Gasteiger partial charge in [-0.25, -0.2) is 4.79 Å². The summed E-state index contributed by atoms with van der Waals surface area (Å²) in [5.74, 6) is -0.563. The van der Waals surface area contributed by atoms with E-state index in [-0.39, 0.29) is 12.5 Å². The number of carbonyl (C=O) groups excluding carboxylic acids is 3. The number of nitrogens with one attached hydrogen (secondary N) is 1. The molecule has 0 fully saturated rings. The molecule has 0 saturated carbocycles. The summed E-state index contributed by atoms with van der Waals surface area (Å²) in [5.41, 5.74) is 1.63. The average molecular weight is 355 g/mol. The Balaban J connectivity index is 1.68. The van der Waals surface area contributed by atoms with Gasteiger partial charge in [0.25, 0.3) is 5.91 Å². The largest absolute Gasteiger partial charge is 0.482 e. The summed E-state index contributed by atoms with van der Waals surface area (Å²) in [7, 11) is 0. The summed E-state index contributed by atoms with van der Waals surface area (Å²) in [6.07, 6.45) is 0.516. The predicted octanol–water partition coefficient (Wildman–Crippen LogP) is 2.17. The molecule has 0 aromatic heterocycles. The van der Waals surface area contributed by atoms with Crippen LogP contribution in [0.4, 0.5) is 0 Å². The average Bonchev–Trinajstić information content (AvgIpc) is 2.67. The molecule has 2 aromatic carbocycles. The first-order chi connectivity index (χ1) is 12.6. The number of benzene rings is 2. The van der Waals surface area contributed by atoms with Gasteiger partial charge < -0.3 is 14.8 Å². The van der Waals surface area contributed by atoms with Crippen molar-refractivity contribution in [2.24, 2.45) is 0 Å². The number of esters is 1. The van der Waals surface area contributed by atoms with Gasteiger partial charge in [0.1, 0.15) is 12.0 Å². The summed E-state index contributed by atoms with van der Waals surface area (Å²) < 4.78 is 10.3.